The minimum atomic E-state index is 0.312. The predicted octanol–water partition coefficient (Wildman–Crippen LogP) is 3.52. The van der Waals surface area contributed by atoms with Gasteiger partial charge in [-0.05, 0) is 18.2 Å². The van der Waals surface area contributed by atoms with Crippen molar-refractivity contribution < 1.29 is 8.83 Å². The number of oxazole rings is 1. The zero-order chi connectivity index (χ0) is 12.4. The van der Waals surface area contributed by atoms with Crippen LogP contribution in [-0.4, -0.2) is 11.2 Å². The Labute approximate surface area is 107 Å². The first kappa shape index (κ1) is 10.9. The van der Waals surface area contributed by atoms with Crippen molar-refractivity contribution in [2.24, 2.45) is 5.10 Å². The molecule has 3 aromatic rings. The summed E-state index contributed by atoms with van der Waals surface area (Å²) in [5, 5.41) is 4.58. The fourth-order valence-electron chi connectivity index (χ4n) is 1.46. The molecule has 1 N–H and O–H groups in total. The molecule has 0 bridgehead atoms. The maximum absolute atomic E-state index is 5.85. The van der Waals surface area contributed by atoms with E-state index in [1.54, 1.807) is 43.0 Å². The Morgan fingerprint density at radius 3 is 3.11 bits per heavy atom. The molecule has 0 saturated carbocycles. The smallest absolute Gasteiger partial charge is 0.316 e. The molecule has 0 fully saturated rings. The molecule has 0 atom stereocenters. The van der Waals surface area contributed by atoms with Crippen LogP contribution in [0.15, 0.2) is 50.7 Å². The van der Waals surface area contributed by atoms with Crippen LogP contribution >= 0.6 is 11.6 Å². The quantitative estimate of drug-likeness (QED) is 0.579. The monoisotopic (exact) mass is 261 g/mol. The van der Waals surface area contributed by atoms with Crippen molar-refractivity contribution in [1.82, 2.24) is 4.98 Å². The normalized spacial score (nSPS) is 11.4. The van der Waals surface area contributed by atoms with E-state index in [1.165, 1.54) is 0 Å². The van der Waals surface area contributed by atoms with Gasteiger partial charge in [-0.1, -0.05) is 11.6 Å². The molecule has 18 heavy (non-hydrogen) atoms. The zero-order valence-corrected chi connectivity index (χ0v) is 9.89. The molecule has 2 aromatic heterocycles. The molecule has 0 aliphatic heterocycles. The van der Waals surface area contributed by atoms with Gasteiger partial charge in [-0.2, -0.15) is 10.1 Å². The summed E-state index contributed by atoms with van der Waals surface area (Å²) in [6, 6.07) is 7.34. The highest BCUT2D eigenvalue weighted by atomic mass is 35.5. The molecular formula is C12H8ClN3O2. The molecular weight excluding hydrogens is 254 g/mol. The van der Waals surface area contributed by atoms with Crippen LogP contribution in [0.5, 0.6) is 0 Å². The van der Waals surface area contributed by atoms with Crippen molar-refractivity contribution in [3.05, 3.63) is 47.4 Å². The van der Waals surface area contributed by atoms with Crippen LogP contribution in [-0.2, 0) is 0 Å². The van der Waals surface area contributed by atoms with Gasteiger partial charge < -0.3 is 8.83 Å². The number of hydrogen-bond acceptors (Lipinski definition) is 5. The number of hydrogen-bond donors (Lipinski definition) is 1. The molecule has 0 spiro atoms. The fraction of sp³-hybridized carbons (Fsp3) is 0. The second kappa shape index (κ2) is 4.54. The first-order chi connectivity index (χ1) is 8.81. The lowest BCUT2D eigenvalue weighted by Crippen LogP contribution is -1.89. The van der Waals surface area contributed by atoms with Gasteiger partial charge in [0.25, 0.3) is 0 Å². The van der Waals surface area contributed by atoms with Gasteiger partial charge >= 0.3 is 6.01 Å². The number of benzene rings is 1. The summed E-state index contributed by atoms with van der Waals surface area (Å²) in [6.07, 6.45) is 4.76. The SMILES string of the molecule is Clc1ccc2nc(N/N=C/c3ccoc3)oc2c1. The third-order valence-electron chi connectivity index (χ3n) is 2.27. The molecule has 0 unspecified atom stereocenters. The van der Waals surface area contributed by atoms with E-state index in [2.05, 4.69) is 15.5 Å². The van der Waals surface area contributed by atoms with Crippen molar-refractivity contribution in [2.45, 2.75) is 0 Å². The van der Waals surface area contributed by atoms with Gasteiger partial charge in [0, 0.05) is 16.7 Å². The maximum Gasteiger partial charge on any atom is 0.316 e. The Kier molecular flexibility index (Phi) is 2.74. The van der Waals surface area contributed by atoms with E-state index in [0.29, 0.717) is 16.6 Å². The molecule has 6 heteroatoms. The summed E-state index contributed by atoms with van der Waals surface area (Å²) in [6.45, 7) is 0. The second-order valence-corrected chi connectivity index (χ2v) is 3.99. The summed E-state index contributed by atoms with van der Waals surface area (Å²) in [4.78, 5) is 4.20. The average Bonchev–Trinajstić information content (AvgIpc) is 2.97. The Balaban J connectivity index is 1.79. The zero-order valence-electron chi connectivity index (χ0n) is 9.13. The van der Waals surface area contributed by atoms with Gasteiger partial charge in [0.15, 0.2) is 5.58 Å². The third kappa shape index (κ3) is 2.21. The van der Waals surface area contributed by atoms with Crippen molar-refractivity contribution in [3.63, 3.8) is 0 Å². The van der Waals surface area contributed by atoms with Gasteiger partial charge in [0.1, 0.15) is 5.52 Å². The molecule has 0 saturated heterocycles. The van der Waals surface area contributed by atoms with Gasteiger partial charge in [-0.25, -0.2) is 5.43 Å². The number of hydrazone groups is 1. The third-order valence-corrected chi connectivity index (χ3v) is 2.50. The lowest BCUT2D eigenvalue weighted by molar-refractivity contribution is 0.567. The van der Waals surface area contributed by atoms with E-state index >= 15 is 0 Å². The molecule has 0 radical (unpaired) electrons. The summed E-state index contributed by atoms with van der Waals surface area (Å²) in [5.74, 6) is 0. The van der Waals surface area contributed by atoms with E-state index in [1.807, 2.05) is 0 Å². The number of anilines is 1. The van der Waals surface area contributed by atoms with E-state index in [-0.39, 0.29) is 0 Å². The molecule has 3 rings (SSSR count). The van der Waals surface area contributed by atoms with Gasteiger partial charge in [0.05, 0.1) is 18.7 Å². The number of nitrogens with zero attached hydrogens (tertiary/aromatic N) is 2. The number of halogens is 1. The molecule has 0 aliphatic rings. The molecule has 5 nitrogen and oxygen atoms in total. The summed E-state index contributed by atoms with van der Waals surface area (Å²) >= 11 is 5.85. The number of rotatable bonds is 3. The number of aromatic nitrogens is 1. The van der Waals surface area contributed by atoms with Crippen LogP contribution < -0.4 is 5.43 Å². The molecule has 1 aromatic carbocycles. The van der Waals surface area contributed by atoms with Crippen molar-refractivity contribution in [2.75, 3.05) is 5.43 Å². The summed E-state index contributed by atoms with van der Waals surface area (Å²) in [7, 11) is 0. The molecule has 90 valence electrons. The van der Waals surface area contributed by atoms with Crippen LogP contribution in [0, 0.1) is 0 Å². The van der Waals surface area contributed by atoms with E-state index in [4.69, 9.17) is 20.4 Å². The highest BCUT2D eigenvalue weighted by Gasteiger charge is 2.04. The Morgan fingerprint density at radius 2 is 2.28 bits per heavy atom. The fourth-order valence-corrected chi connectivity index (χ4v) is 1.62. The highest BCUT2D eigenvalue weighted by Crippen LogP contribution is 2.22. The van der Waals surface area contributed by atoms with E-state index in [9.17, 15) is 0 Å². The molecule has 2 heterocycles. The highest BCUT2D eigenvalue weighted by molar-refractivity contribution is 6.31. The molecule has 0 aliphatic carbocycles. The van der Waals surface area contributed by atoms with Crippen LogP contribution in [0.4, 0.5) is 6.01 Å². The van der Waals surface area contributed by atoms with Crippen LogP contribution in [0.1, 0.15) is 5.56 Å². The lowest BCUT2D eigenvalue weighted by Gasteiger charge is -1.89. The number of furan rings is 1. The minimum absolute atomic E-state index is 0.312. The second-order valence-electron chi connectivity index (χ2n) is 3.56. The first-order valence-electron chi connectivity index (χ1n) is 5.19. The molecule has 0 amide bonds. The Hall–Kier alpha value is -2.27. The van der Waals surface area contributed by atoms with Crippen LogP contribution in [0.25, 0.3) is 11.1 Å². The van der Waals surface area contributed by atoms with Crippen molar-refractivity contribution >= 4 is 34.9 Å². The lowest BCUT2D eigenvalue weighted by atomic mass is 10.3. The summed E-state index contributed by atoms with van der Waals surface area (Å²) < 4.78 is 10.3. The minimum Gasteiger partial charge on any atom is -0.472 e. The number of nitrogens with one attached hydrogen (secondary N) is 1. The van der Waals surface area contributed by atoms with Crippen molar-refractivity contribution in [1.29, 1.82) is 0 Å². The van der Waals surface area contributed by atoms with E-state index < -0.39 is 0 Å². The Morgan fingerprint density at radius 1 is 1.33 bits per heavy atom. The van der Waals surface area contributed by atoms with Crippen LogP contribution in [0.3, 0.4) is 0 Å². The predicted molar refractivity (Wildman–Crippen MR) is 68.9 cm³/mol. The van der Waals surface area contributed by atoms with Crippen LogP contribution in [0.2, 0.25) is 5.02 Å². The van der Waals surface area contributed by atoms with Gasteiger partial charge in [-0.15, -0.1) is 0 Å². The standard InChI is InChI=1S/C12H8ClN3O2/c13-9-1-2-10-11(5-9)18-12(15-10)16-14-6-8-3-4-17-7-8/h1-7H,(H,15,16)/b14-6+. The number of fused-ring (bicyclic) bond motifs is 1. The van der Waals surface area contributed by atoms with Crippen molar-refractivity contribution in [3.8, 4) is 0 Å². The van der Waals surface area contributed by atoms with Gasteiger partial charge in [-0.3, -0.25) is 0 Å². The first-order valence-corrected chi connectivity index (χ1v) is 5.56. The Bertz CT molecular complexity index is 688. The van der Waals surface area contributed by atoms with Gasteiger partial charge in [0.2, 0.25) is 0 Å². The largest absolute Gasteiger partial charge is 0.472 e. The maximum atomic E-state index is 5.85. The van der Waals surface area contributed by atoms with E-state index in [0.717, 1.165) is 11.1 Å². The average molecular weight is 262 g/mol. The topological polar surface area (TPSA) is 63.6 Å². The summed E-state index contributed by atoms with van der Waals surface area (Å²) in [5.41, 5.74) is 4.88.